The Morgan fingerprint density at radius 3 is 2.46 bits per heavy atom. The SMILES string of the molecule is CNc1ccccc1-c1cc(F)c(CNCCCC(=O)O)c(F)c1. The van der Waals surface area contributed by atoms with E-state index >= 15 is 0 Å². The normalized spacial score (nSPS) is 10.6. The topological polar surface area (TPSA) is 61.4 Å². The lowest BCUT2D eigenvalue weighted by Crippen LogP contribution is -2.17. The molecule has 0 heterocycles. The molecule has 6 heteroatoms. The number of carboxylic acid groups (broad SMARTS) is 1. The number of aliphatic carboxylic acids is 1. The molecule has 2 rings (SSSR count). The quantitative estimate of drug-likeness (QED) is 0.645. The summed E-state index contributed by atoms with van der Waals surface area (Å²) in [7, 11) is 1.75. The van der Waals surface area contributed by atoms with E-state index in [0.717, 1.165) is 11.3 Å². The summed E-state index contributed by atoms with van der Waals surface area (Å²) in [6.07, 6.45) is 0.434. The Hall–Kier alpha value is -2.47. The largest absolute Gasteiger partial charge is 0.481 e. The van der Waals surface area contributed by atoms with E-state index in [1.165, 1.54) is 12.1 Å². The number of halogens is 2. The second kappa shape index (κ2) is 8.40. The Kier molecular flexibility index (Phi) is 6.26. The maximum absolute atomic E-state index is 14.3. The van der Waals surface area contributed by atoms with Crippen LogP contribution in [0.4, 0.5) is 14.5 Å². The van der Waals surface area contributed by atoms with Gasteiger partial charge in [0.2, 0.25) is 0 Å². The van der Waals surface area contributed by atoms with Crippen LogP contribution in [0.5, 0.6) is 0 Å². The zero-order valence-corrected chi connectivity index (χ0v) is 13.4. The highest BCUT2D eigenvalue weighted by Crippen LogP contribution is 2.30. The van der Waals surface area contributed by atoms with E-state index in [9.17, 15) is 13.6 Å². The van der Waals surface area contributed by atoms with Crippen LogP contribution in [0.1, 0.15) is 18.4 Å². The van der Waals surface area contributed by atoms with Crippen LogP contribution in [0.25, 0.3) is 11.1 Å². The lowest BCUT2D eigenvalue weighted by Gasteiger charge is -2.12. The van der Waals surface area contributed by atoms with Gasteiger partial charge in [0.15, 0.2) is 0 Å². The minimum Gasteiger partial charge on any atom is -0.481 e. The van der Waals surface area contributed by atoms with Crippen molar-refractivity contribution in [3.8, 4) is 11.1 Å². The Labute approximate surface area is 139 Å². The average molecular weight is 334 g/mol. The minimum absolute atomic E-state index is 0.0191. The van der Waals surface area contributed by atoms with Crippen molar-refractivity contribution in [2.24, 2.45) is 0 Å². The predicted octanol–water partition coefficient (Wildman–Crippen LogP) is 3.63. The van der Waals surface area contributed by atoms with Crippen LogP contribution in [-0.4, -0.2) is 24.7 Å². The number of benzene rings is 2. The zero-order valence-electron chi connectivity index (χ0n) is 13.4. The minimum atomic E-state index is -0.887. The van der Waals surface area contributed by atoms with E-state index in [0.29, 0.717) is 18.5 Å². The van der Waals surface area contributed by atoms with E-state index < -0.39 is 17.6 Å². The number of hydrogen-bond acceptors (Lipinski definition) is 3. The summed E-state index contributed by atoms with van der Waals surface area (Å²) in [6, 6.07) is 9.91. The van der Waals surface area contributed by atoms with Gasteiger partial charge >= 0.3 is 5.97 Å². The van der Waals surface area contributed by atoms with E-state index in [1.807, 2.05) is 18.2 Å². The van der Waals surface area contributed by atoms with Crippen molar-refractivity contribution in [3.05, 3.63) is 53.6 Å². The third kappa shape index (κ3) is 4.52. The van der Waals surface area contributed by atoms with Gasteiger partial charge in [0.05, 0.1) is 0 Å². The van der Waals surface area contributed by atoms with Crippen LogP contribution in [0.3, 0.4) is 0 Å². The molecule has 0 aliphatic rings. The molecule has 0 saturated heterocycles. The molecule has 0 atom stereocenters. The van der Waals surface area contributed by atoms with Crippen LogP contribution in [0.15, 0.2) is 36.4 Å². The number of rotatable bonds is 8. The van der Waals surface area contributed by atoms with Crippen LogP contribution >= 0.6 is 0 Å². The molecule has 128 valence electrons. The number of carboxylic acids is 1. The van der Waals surface area contributed by atoms with Crippen molar-refractivity contribution >= 4 is 11.7 Å². The first-order valence-electron chi connectivity index (χ1n) is 7.70. The lowest BCUT2D eigenvalue weighted by atomic mass is 10.0. The van der Waals surface area contributed by atoms with Gasteiger partial charge in [-0.25, -0.2) is 8.78 Å². The second-order valence-electron chi connectivity index (χ2n) is 5.39. The number of hydrogen-bond donors (Lipinski definition) is 3. The molecular formula is C18H20F2N2O2. The molecule has 2 aromatic rings. The highest BCUT2D eigenvalue weighted by atomic mass is 19.1. The molecule has 0 fully saturated rings. The van der Waals surface area contributed by atoms with Crippen molar-refractivity contribution in [1.29, 1.82) is 0 Å². The monoisotopic (exact) mass is 334 g/mol. The third-order valence-electron chi connectivity index (χ3n) is 3.69. The van der Waals surface area contributed by atoms with E-state index in [1.54, 1.807) is 13.1 Å². The maximum atomic E-state index is 14.3. The molecule has 0 spiro atoms. The van der Waals surface area contributed by atoms with Crippen molar-refractivity contribution < 1.29 is 18.7 Å². The van der Waals surface area contributed by atoms with Gasteiger partial charge in [0.1, 0.15) is 11.6 Å². The maximum Gasteiger partial charge on any atom is 0.303 e. The van der Waals surface area contributed by atoms with Crippen LogP contribution < -0.4 is 10.6 Å². The fraction of sp³-hybridized carbons (Fsp3) is 0.278. The number of anilines is 1. The molecule has 4 nitrogen and oxygen atoms in total. The van der Waals surface area contributed by atoms with Gasteiger partial charge in [-0.15, -0.1) is 0 Å². The zero-order chi connectivity index (χ0) is 17.5. The van der Waals surface area contributed by atoms with E-state index in [-0.39, 0.29) is 18.5 Å². The Balaban J connectivity index is 2.12. The first-order valence-corrected chi connectivity index (χ1v) is 7.70. The number of carbonyl (C=O) groups is 1. The first-order chi connectivity index (χ1) is 11.5. The smallest absolute Gasteiger partial charge is 0.303 e. The molecule has 2 aromatic carbocycles. The Bertz CT molecular complexity index is 697. The molecule has 0 aliphatic carbocycles. The molecule has 0 unspecified atom stereocenters. The van der Waals surface area contributed by atoms with Crippen LogP contribution in [0.2, 0.25) is 0 Å². The second-order valence-corrected chi connectivity index (χ2v) is 5.39. The van der Waals surface area contributed by atoms with E-state index in [2.05, 4.69) is 10.6 Å². The highest BCUT2D eigenvalue weighted by Gasteiger charge is 2.13. The lowest BCUT2D eigenvalue weighted by molar-refractivity contribution is -0.137. The van der Waals surface area contributed by atoms with Crippen LogP contribution in [0, 0.1) is 11.6 Å². The summed E-state index contributed by atoms with van der Waals surface area (Å²) < 4.78 is 28.6. The van der Waals surface area contributed by atoms with Gasteiger partial charge in [0.25, 0.3) is 0 Å². The summed E-state index contributed by atoms with van der Waals surface area (Å²) >= 11 is 0. The number of nitrogens with one attached hydrogen (secondary N) is 2. The van der Waals surface area contributed by atoms with Crippen molar-refractivity contribution in [3.63, 3.8) is 0 Å². The van der Waals surface area contributed by atoms with Gasteiger partial charge in [-0.2, -0.15) is 0 Å². The molecular weight excluding hydrogens is 314 g/mol. The average Bonchev–Trinajstić information content (AvgIpc) is 2.56. The van der Waals surface area contributed by atoms with Crippen molar-refractivity contribution in [1.82, 2.24) is 5.32 Å². The van der Waals surface area contributed by atoms with Crippen molar-refractivity contribution in [2.75, 3.05) is 18.9 Å². The summed E-state index contributed by atoms with van der Waals surface area (Å²) in [6.45, 7) is 0.404. The third-order valence-corrected chi connectivity index (χ3v) is 3.69. The summed E-state index contributed by atoms with van der Waals surface area (Å²) in [5.41, 5.74) is 1.93. The number of para-hydroxylation sites is 1. The fourth-order valence-electron chi connectivity index (χ4n) is 2.46. The first kappa shape index (κ1) is 17.9. The molecule has 0 aromatic heterocycles. The summed E-state index contributed by atoms with van der Waals surface area (Å²) in [5.74, 6) is -2.13. The highest BCUT2D eigenvalue weighted by molar-refractivity contribution is 5.77. The van der Waals surface area contributed by atoms with Crippen molar-refractivity contribution in [2.45, 2.75) is 19.4 Å². The predicted molar refractivity (Wildman–Crippen MR) is 89.9 cm³/mol. The van der Waals surface area contributed by atoms with Gasteiger partial charge in [-0.05, 0) is 36.7 Å². The van der Waals surface area contributed by atoms with E-state index in [4.69, 9.17) is 5.11 Å². The van der Waals surface area contributed by atoms with Gasteiger partial charge in [0, 0.05) is 36.8 Å². The molecule has 0 amide bonds. The molecule has 0 bridgehead atoms. The Morgan fingerprint density at radius 2 is 1.83 bits per heavy atom. The summed E-state index contributed by atoms with van der Waals surface area (Å²) in [5, 5.41) is 14.4. The summed E-state index contributed by atoms with van der Waals surface area (Å²) in [4.78, 5) is 10.4. The molecule has 0 radical (unpaired) electrons. The Morgan fingerprint density at radius 1 is 1.17 bits per heavy atom. The standard InChI is InChI=1S/C18H20F2N2O2/c1-21-17-6-3-2-5-13(17)12-9-15(19)14(16(20)10-12)11-22-8-4-7-18(23)24/h2-3,5-6,9-10,21-22H,4,7-8,11H2,1H3,(H,23,24). The molecule has 0 saturated carbocycles. The van der Waals surface area contributed by atoms with Gasteiger partial charge < -0.3 is 15.7 Å². The molecule has 3 N–H and O–H groups in total. The molecule has 0 aliphatic heterocycles. The van der Waals surface area contributed by atoms with Crippen LogP contribution in [-0.2, 0) is 11.3 Å². The molecule has 24 heavy (non-hydrogen) atoms. The van der Waals surface area contributed by atoms with Gasteiger partial charge in [-0.1, -0.05) is 18.2 Å². The fourth-order valence-corrected chi connectivity index (χ4v) is 2.46. The van der Waals surface area contributed by atoms with Gasteiger partial charge in [-0.3, -0.25) is 4.79 Å².